The number of fused-ring (bicyclic) bond motifs is 3. The van der Waals surface area contributed by atoms with Crippen molar-refractivity contribution in [1.82, 2.24) is 10.6 Å². The number of alkyl carbamates (subject to hydrolysis) is 1. The van der Waals surface area contributed by atoms with Crippen molar-refractivity contribution in [1.29, 1.82) is 0 Å². The number of alkyl halides is 2. The number of amides is 2. The molecule has 2 aliphatic carbocycles. The Morgan fingerprint density at radius 2 is 1.59 bits per heavy atom. The Bertz CT molecular complexity index is 1040. The molecule has 2 amide bonds. The number of ether oxygens (including phenoxy) is 1. The van der Waals surface area contributed by atoms with Gasteiger partial charge in [-0.05, 0) is 41.0 Å². The molecule has 0 saturated heterocycles. The van der Waals surface area contributed by atoms with Gasteiger partial charge in [0.15, 0.2) is 0 Å². The molecule has 0 bridgehead atoms. The van der Waals surface area contributed by atoms with Gasteiger partial charge in [0.05, 0.1) is 12.5 Å². The minimum absolute atomic E-state index is 0.0319. The molecule has 2 aromatic rings. The molecule has 1 fully saturated rings. The fourth-order valence-corrected chi connectivity index (χ4v) is 4.87. The van der Waals surface area contributed by atoms with Gasteiger partial charge < -0.3 is 20.5 Å². The Kier molecular flexibility index (Phi) is 6.81. The Labute approximate surface area is 195 Å². The second-order valence-electron chi connectivity index (χ2n) is 8.73. The maximum Gasteiger partial charge on any atom is 0.407 e. The standard InChI is InChI=1S/C25H26F2N2O5/c26-25(27,23(32)28-12-15-6-5-11-16(15)22(30)31)14-29-24(33)34-13-21-19-9-3-1-7-17(19)18-8-2-4-10-20(18)21/h1-4,7-10,15-16,21H,5-6,11-14H2,(H,28,32)(H,29,33)(H,30,31). The number of benzene rings is 2. The molecule has 9 heteroatoms. The van der Waals surface area contributed by atoms with E-state index in [9.17, 15) is 23.2 Å². The quantitative estimate of drug-likeness (QED) is 0.543. The first-order chi connectivity index (χ1) is 16.3. The summed E-state index contributed by atoms with van der Waals surface area (Å²) in [7, 11) is 0. The topological polar surface area (TPSA) is 105 Å². The summed E-state index contributed by atoms with van der Waals surface area (Å²) >= 11 is 0. The lowest BCUT2D eigenvalue weighted by Crippen LogP contribution is -2.49. The van der Waals surface area contributed by atoms with Crippen molar-refractivity contribution in [3.05, 3.63) is 59.7 Å². The maximum atomic E-state index is 14.2. The normalized spacial score (nSPS) is 19.2. The molecule has 2 atom stereocenters. The number of hydrogen-bond acceptors (Lipinski definition) is 4. The fourth-order valence-electron chi connectivity index (χ4n) is 4.87. The van der Waals surface area contributed by atoms with Crippen molar-refractivity contribution < 1.29 is 33.0 Å². The van der Waals surface area contributed by atoms with Crippen LogP contribution in [0.5, 0.6) is 0 Å². The number of nitrogens with one attached hydrogen (secondary N) is 2. The van der Waals surface area contributed by atoms with Crippen molar-refractivity contribution in [3.63, 3.8) is 0 Å². The van der Waals surface area contributed by atoms with Crippen LogP contribution >= 0.6 is 0 Å². The van der Waals surface area contributed by atoms with E-state index in [1.165, 1.54) is 0 Å². The van der Waals surface area contributed by atoms with E-state index in [1.807, 2.05) is 53.8 Å². The van der Waals surface area contributed by atoms with E-state index in [0.717, 1.165) is 22.3 Å². The van der Waals surface area contributed by atoms with Gasteiger partial charge in [-0.25, -0.2) is 4.79 Å². The van der Waals surface area contributed by atoms with Crippen molar-refractivity contribution >= 4 is 18.0 Å². The second kappa shape index (κ2) is 9.79. The van der Waals surface area contributed by atoms with Crippen molar-refractivity contribution in [2.24, 2.45) is 11.8 Å². The van der Waals surface area contributed by atoms with Gasteiger partial charge in [0.25, 0.3) is 5.91 Å². The highest BCUT2D eigenvalue weighted by Gasteiger charge is 2.41. The predicted molar refractivity (Wildman–Crippen MR) is 119 cm³/mol. The predicted octanol–water partition coefficient (Wildman–Crippen LogP) is 3.78. The highest BCUT2D eigenvalue weighted by Crippen LogP contribution is 2.44. The van der Waals surface area contributed by atoms with Crippen LogP contribution in [0, 0.1) is 11.8 Å². The summed E-state index contributed by atoms with van der Waals surface area (Å²) in [4.78, 5) is 35.3. The highest BCUT2D eigenvalue weighted by molar-refractivity contribution is 5.84. The first-order valence-electron chi connectivity index (χ1n) is 11.3. The van der Waals surface area contributed by atoms with E-state index in [2.05, 4.69) is 5.32 Å². The van der Waals surface area contributed by atoms with Crippen LogP contribution in [0.15, 0.2) is 48.5 Å². The molecule has 2 unspecified atom stereocenters. The van der Waals surface area contributed by atoms with Crippen LogP contribution in [0.2, 0.25) is 0 Å². The van der Waals surface area contributed by atoms with E-state index in [4.69, 9.17) is 9.84 Å². The third-order valence-electron chi connectivity index (χ3n) is 6.63. The van der Waals surface area contributed by atoms with E-state index in [-0.39, 0.29) is 25.0 Å². The van der Waals surface area contributed by atoms with Gasteiger partial charge in [0, 0.05) is 12.5 Å². The van der Waals surface area contributed by atoms with E-state index >= 15 is 0 Å². The molecule has 7 nitrogen and oxygen atoms in total. The monoisotopic (exact) mass is 472 g/mol. The van der Waals surface area contributed by atoms with Crippen LogP contribution in [-0.2, 0) is 14.3 Å². The Balaban J connectivity index is 1.27. The van der Waals surface area contributed by atoms with Gasteiger partial charge in [0.2, 0.25) is 0 Å². The Hall–Kier alpha value is -3.49. The number of carbonyl (C=O) groups excluding carboxylic acids is 2. The molecule has 4 rings (SSSR count). The zero-order chi connectivity index (χ0) is 24.3. The summed E-state index contributed by atoms with van der Waals surface area (Å²) in [6, 6.07) is 15.5. The number of hydrogen-bond donors (Lipinski definition) is 3. The summed E-state index contributed by atoms with van der Waals surface area (Å²) in [6.45, 7) is -1.39. The molecule has 2 aliphatic rings. The van der Waals surface area contributed by atoms with Gasteiger partial charge in [0.1, 0.15) is 6.61 Å². The Morgan fingerprint density at radius 3 is 2.21 bits per heavy atom. The second-order valence-corrected chi connectivity index (χ2v) is 8.73. The summed E-state index contributed by atoms with van der Waals surface area (Å²) in [5.41, 5.74) is 4.07. The fraction of sp³-hybridized carbons (Fsp3) is 0.400. The van der Waals surface area contributed by atoms with E-state index in [1.54, 1.807) is 0 Å². The summed E-state index contributed by atoms with van der Waals surface area (Å²) in [5, 5.41) is 13.3. The molecular weight excluding hydrogens is 446 g/mol. The molecule has 0 aliphatic heterocycles. The number of aliphatic carboxylic acids is 1. The lowest BCUT2D eigenvalue weighted by molar-refractivity contribution is -0.146. The minimum atomic E-state index is -3.86. The Morgan fingerprint density at radius 1 is 0.971 bits per heavy atom. The van der Waals surface area contributed by atoms with Gasteiger partial charge in [-0.3, -0.25) is 9.59 Å². The molecule has 1 saturated carbocycles. The lowest BCUT2D eigenvalue weighted by Gasteiger charge is -2.20. The first-order valence-corrected chi connectivity index (χ1v) is 11.3. The summed E-state index contributed by atoms with van der Waals surface area (Å²) in [5.74, 6) is -7.64. The van der Waals surface area contributed by atoms with Crippen LogP contribution in [0.4, 0.5) is 13.6 Å². The molecular formula is C25H26F2N2O5. The molecule has 180 valence electrons. The van der Waals surface area contributed by atoms with Crippen LogP contribution in [0.3, 0.4) is 0 Å². The third-order valence-corrected chi connectivity index (χ3v) is 6.63. The third kappa shape index (κ3) is 4.88. The number of carboxylic acids is 1. The van der Waals surface area contributed by atoms with Crippen LogP contribution < -0.4 is 10.6 Å². The molecule has 3 N–H and O–H groups in total. The van der Waals surface area contributed by atoms with Crippen molar-refractivity contribution in [2.45, 2.75) is 31.1 Å². The minimum Gasteiger partial charge on any atom is -0.481 e. The van der Waals surface area contributed by atoms with E-state index in [0.29, 0.717) is 19.3 Å². The lowest BCUT2D eigenvalue weighted by atomic mass is 9.96. The molecule has 34 heavy (non-hydrogen) atoms. The summed E-state index contributed by atoms with van der Waals surface area (Å²) in [6.07, 6.45) is 0.657. The SMILES string of the molecule is O=C(NCC(F)(F)C(=O)NCC1CCCC1C(=O)O)OCC1c2ccccc2-c2ccccc21. The number of halogens is 2. The molecule has 0 heterocycles. The molecule has 2 aromatic carbocycles. The summed E-state index contributed by atoms with van der Waals surface area (Å²) < 4.78 is 33.7. The van der Waals surface area contributed by atoms with Crippen molar-refractivity contribution in [3.8, 4) is 11.1 Å². The van der Waals surface area contributed by atoms with Gasteiger partial charge in [-0.15, -0.1) is 0 Å². The zero-order valence-electron chi connectivity index (χ0n) is 18.4. The smallest absolute Gasteiger partial charge is 0.407 e. The van der Waals surface area contributed by atoms with Crippen molar-refractivity contribution in [2.75, 3.05) is 19.7 Å². The number of rotatable bonds is 8. The maximum absolute atomic E-state index is 14.2. The van der Waals surface area contributed by atoms with Gasteiger partial charge >= 0.3 is 18.0 Å². The zero-order valence-corrected chi connectivity index (χ0v) is 18.4. The van der Waals surface area contributed by atoms with Gasteiger partial charge in [-0.1, -0.05) is 55.0 Å². The largest absolute Gasteiger partial charge is 0.481 e. The number of carboxylic acid groups (broad SMARTS) is 1. The van der Waals surface area contributed by atoms with Crippen LogP contribution in [0.1, 0.15) is 36.3 Å². The number of carbonyl (C=O) groups is 3. The van der Waals surface area contributed by atoms with Crippen LogP contribution in [-0.4, -0.2) is 48.7 Å². The molecule has 0 spiro atoms. The van der Waals surface area contributed by atoms with E-state index < -0.39 is 36.4 Å². The first kappa shape index (κ1) is 23.7. The molecule has 0 radical (unpaired) electrons. The average Bonchev–Trinajstić information content (AvgIpc) is 3.43. The average molecular weight is 472 g/mol. The molecule has 0 aromatic heterocycles. The highest BCUT2D eigenvalue weighted by atomic mass is 19.3. The van der Waals surface area contributed by atoms with Crippen LogP contribution in [0.25, 0.3) is 11.1 Å². The van der Waals surface area contributed by atoms with Gasteiger partial charge in [-0.2, -0.15) is 8.78 Å².